The summed E-state index contributed by atoms with van der Waals surface area (Å²) in [6.45, 7) is 5.21. The smallest absolute Gasteiger partial charge is 0.273 e. The number of carbonyl (C=O) groups excluding carboxylic acids is 1. The number of anilines is 1. The van der Waals surface area contributed by atoms with E-state index in [1.807, 2.05) is 13.8 Å². The summed E-state index contributed by atoms with van der Waals surface area (Å²) in [6.07, 6.45) is 2.31. The van der Waals surface area contributed by atoms with Gasteiger partial charge in [-0.25, -0.2) is 0 Å². The van der Waals surface area contributed by atoms with Gasteiger partial charge in [0.05, 0.1) is 5.69 Å². The first-order valence-electron chi connectivity index (χ1n) is 5.80. The molecule has 0 saturated carbocycles. The van der Waals surface area contributed by atoms with Crippen LogP contribution < -0.4 is 11.1 Å². The zero-order chi connectivity index (χ0) is 12.8. The molecule has 1 aromatic rings. The van der Waals surface area contributed by atoms with Gasteiger partial charge in [0.2, 0.25) is 0 Å². The van der Waals surface area contributed by atoms with Crippen LogP contribution >= 0.6 is 0 Å². The van der Waals surface area contributed by atoms with E-state index in [0.717, 1.165) is 0 Å². The Kier molecular flexibility index (Phi) is 4.96. The zero-order valence-electron chi connectivity index (χ0n) is 10.3. The maximum atomic E-state index is 11.8. The Morgan fingerprint density at radius 1 is 1.71 bits per heavy atom. The number of nitrogens with zero attached hydrogens (tertiary/aromatic N) is 2. The standard InChI is InChI=1S/C11H20N4O2/c1-3-15-7-9(12)10(14-15)11(17)13-6-8(2)4-5-16/h7-8,16H,3-6,12H2,1-2H3,(H,13,17). The second-order valence-corrected chi connectivity index (χ2v) is 4.12. The zero-order valence-corrected chi connectivity index (χ0v) is 10.3. The average Bonchev–Trinajstić information content (AvgIpc) is 2.68. The molecule has 0 saturated heterocycles. The fraction of sp³-hybridized carbons (Fsp3) is 0.636. The lowest BCUT2D eigenvalue weighted by Crippen LogP contribution is -2.29. The van der Waals surface area contributed by atoms with Crippen molar-refractivity contribution in [3.05, 3.63) is 11.9 Å². The highest BCUT2D eigenvalue weighted by Gasteiger charge is 2.14. The first kappa shape index (κ1) is 13.5. The number of amides is 1. The molecular weight excluding hydrogens is 220 g/mol. The highest BCUT2D eigenvalue weighted by molar-refractivity contribution is 5.96. The van der Waals surface area contributed by atoms with Crippen LogP contribution in [0.5, 0.6) is 0 Å². The monoisotopic (exact) mass is 240 g/mol. The number of nitrogens with one attached hydrogen (secondary N) is 1. The van der Waals surface area contributed by atoms with E-state index in [1.165, 1.54) is 0 Å². The lowest BCUT2D eigenvalue weighted by atomic mass is 10.1. The highest BCUT2D eigenvalue weighted by Crippen LogP contribution is 2.09. The third kappa shape index (κ3) is 3.74. The van der Waals surface area contributed by atoms with Gasteiger partial charge in [0.1, 0.15) is 0 Å². The number of aliphatic hydroxyl groups is 1. The number of nitrogens with two attached hydrogens (primary N) is 1. The van der Waals surface area contributed by atoms with Gasteiger partial charge in [-0.05, 0) is 19.3 Å². The van der Waals surface area contributed by atoms with Crippen molar-refractivity contribution in [1.82, 2.24) is 15.1 Å². The summed E-state index contributed by atoms with van der Waals surface area (Å²) in [5.74, 6) is -0.0297. The number of aliphatic hydroxyl groups excluding tert-OH is 1. The van der Waals surface area contributed by atoms with Gasteiger partial charge in [0.15, 0.2) is 5.69 Å². The van der Waals surface area contributed by atoms with Gasteiger partial charge < -0.3 is 16.2 Å². The second-order valence-electron chi connectivity index (χ2n) is 4.12. The van der Waals surface area contributed by atoms with Gasteiger partial charge in [-0.2, -0.15) is 5.10 Å². The van der Waals surface area contributed by atoms with Crippen molar-refractivity contribution >= 4 is 11.6 Å². The van der Waals surface area contributed by atoms with Gasteiger partial charge >= 0.3 is 0 Å². The van der Waals surface area contributed by atoms with E-state index < -0.39 is 0 Å². The fourth-order valence-electron chi connectivity index (χ4n) is 1.45. The van der Waals surface area contributed by atoms with Crippen LogP contribution in [0.25, 0.3) is 0 Å². The minimum absolute atomic E-state index is 0.129. The van der Waals surface area contributed by atoms with Crippen LogP contribution in [0.2, 0.25) is 0 Å². The Bertz CT molecular complexity index is 376. The molecule has 0 aliphatic carbocycles. The summed E-state index contributed by atoms with van der Waals surface area (Å²) in [5, 5.41) is 15.6. The summed E-state index contributed by atoms with van der Waals surface area (Å²) in [6, 6.07) is 0. The van der Waals surface area contributed by atoms with Crippen molar-refractivity contribution in [3.8, 4) is 0 Å². The number of hydrogen-bond acceptors (Lipinski definition) is 4. The van der Waals surface area contributed by atoms with Crippen molar-refractivity contribution in [3.63, 3.8) is 0 Å². The number of aryl methyl sites for hydroxylation is 1. The van der Waals surface area contributed by atoms with Crippen LogP contribution in [-0.4, -0.2) is 33.9 Å². The van der Waals surface area contributed by atoms with Crippen LogP contribution in [-0.2, 0) is 6.54 Å². The van der Waals surface area contributed by atoms with E-state index in [9.17, 15) is 4.79 Å². The molecule has 0 radical (unpaired) electrons. The van der Waals surface area contributed by atoms with Crippen LogP contribution in [0.15, 0.2) is 6.20 Å². The topological polar surface area (TPSA) is 93.2 Å². The highest BCUT2D eigenvalue weighted by atomic mass is 16.3. The van der Waals surface area contributed by atoms with E-state index in [-0.39, 0.29) is 24.1 Å². The van der Waals surface area contributed by atoms with Gasteiger partial charge in [0.25, 0.3) is 5.91 Å². The predicted molar refractivity (Wildman–Crippen MR) is 65.5 cm³/mol. The first-order valence-corrected chi connectivity index (χ1v) is 5.80. The molecule has 0 spiro atoms. The van der Waals surface area contributed by atoms with Crippen molar-refractivity contribution in [1.29, 1.82) is 0 Å². The molecule has 1 rings (SSSR count). The molecule has 0 bridgehead atoms. The summed E-state index contributed by atoms with van der Waals surface area (Å²) in [5.41, 5.74) is 6.35. The molecule has 0 aliphatic rings. The Labute approximate surface area is 101 Å². The summed E-state index contributed by atoms with van der Waals surface area (Å²) in [4.78, 5) is 11.8. The van der Waals surface area contributed by atoms with E-state index >= 15 is 0 Å². The third-order valence-electron chi connectivity index (χ3n) is 2.56. The lowest BCUT2D eigenvalue weighted by molar-refractivity contribution is 0.0940. The molecule has 6 nitrogen and oxygen atoms in total. The SMILES string of the molecule is CCn1cc(N)c(C(=O)NCC(C)CCO)n1. The number of carbonyl (C=O) groups is 1. The van der Waals surface area contributed by atoms with Gasteiger partial charge in [-0.1, -0.05) is 6.92 Å². The van der Waals surface area contributed by atoms with Crippen molar-refractivity contribution < 1.29 is 9.90 Å². The van der Waals surface area contributed by atoms with Crippen molar-refractivity contribution in [2.75, 3.05) is 18.9 Å². The molecule has 17 heavy (non-hydrogen) atoms. The average molecular weight is 240 g/mol. The molecule has 0 aliphatic heterocycles. The van der Waals surface area contributed by atoms with E-state index in [4.69, 9.17) is 10.8 Å². The minimum Gasteiger partial charge on any atom is -0.396 e. The molecular formula is C11H20N4O2. The quantitative estimate of drug-likeness (QED) is 0.663. The van der Waals surface area contributed by atoms with Crippen LogP contribution in [0.1, 0.15) is 30.8 Å². The number of rotatable bonds is 6. The Hall–Kier alpha value is -1.56. The summed E-state index contributed by atoms with van der Waals surface area (Å²) >= 11 is 0. The maximum Gasteiger partial charge on any atom is 0.273 e. The van der Waals surface area contributed by atoms with Crippen molar-refractivity contribution in [2.24, 2.45) is 5.92 Å². The van der Waals surface area contributed by atoms with Crippen molar-refractivity contribution in [2.45, 2.75) is 26.8 Å². The third-order valence-corrected chi connectivity index (χ3v) is 2.56. The molecule has 1 unspecified atom stereocenters. The first-order chi connectivity index (χ1) is 8.08. The summed E-state index contributed by atoms with van der Waals surface area (Å²) < 4.78 is 1.63. The molecule has 1 amide bonds. The number of nitrogen functional groups attached to an aromatic ring is 1. The molecule has 6 heteroatoms. The van der Waals surface area contributed by atoms with E-state index in [2.05, 4.69) is 10.4 Å². The molecule has 96 valence electrons. The molecule has 1 aromatic heterocycles. The molecule has 0 fully saturated rings. The molecule has 1 heterocycles. The van der Waals surface area contributed by atoms with Gasteiger partial charge in [0, 0.05) is 25.9 Å². The molecule has 0 aromatic carbocycles. The van der Waals surface area contributed by atoms with E-state index in [0.29, 0.717) is 25.2 Å². The summed E-state index contributed by atoms with van der Waals surface area (Å²) in [7, 11) is 0. The second kappa shape index (κ2) is 6.24. The van der Waals surface area contributed by atoms with Gasteiger partial charge in [-0.3, -0.25) is 9.48 Å². The van der Waals surface area contributed by atoms with Crippen LogP contribution in [0, 0.1) is 5.92 Å². The van der Waals surface area contributed by atoms with Crippen LogP contribution in [0.3, 0.4) is 0 Å². The number of hydrogen-bond donors (Lipinski definition) is 3. The maximum absolute atomic E-state index is 11.8. The molecule has 1 atom stereocenters. The largest absolute Gasteiger partial charge is 0.396 e. The fourth-order valence-corrected chi connectivity index (χ4v) is 1.45. The Morgan fingerprint density at radius 2 is 2.41 bits per heavy atom. The Morgan fingerprint density at radius 3 is 2.94 bits per heavy atom. The molecule has 4 N–H and O–H groups in total. The number of aromatic nitrogens is 2. The predicted octanol–water partition coefficient (Wildman–Crippen LogP) is 0.233. The minimum atomic E-state index is -0.264. The lowest BCUT2D eigenvalue weighted by Gasteiger charge is -2.10. The van der Waals surface area contributed by atoms with Crippen LogP contribution in [0.4, 0.5) is 5.69 Å². The normalized spacial score (nSPS) is 12.4. The van der Waals surface area contributed by atoms with Gasteiger partial charge in [-0.15, -0.1) is 0 Å². The van der Waals surface area contributed by atoms with E-state index in [1.54, 1.807) is 10.9 Å². The Balaban J connectivity index is 2.54.